The fourth-order valence-electron chi connectivity index (χ4n) is 3.94. The van der Waals surface area contributed by atoms with Crippen molar-refractivity contribution in [3.05, 3.63) is 97.1 Å². The molecule has 0 bridgehead atoms. The largest absolute Gasteiger partial charge is 0.344 e. The van der Waals surface area contributed by atoms with Crippen LogP contribution in [0.5, 0.6) is 0 Å². The summed E-state index contributed by atoms with van der Waals surface area (Å²) in [7, 11) is 2.16. The Labute approximate surface area is 153 Å². The van der Waals surface area contributed by atoms with Crippen LogP contribution in [0, 0.1) is 0 Å². The quantitative estimate of drug-likeness (QED) is 0.342. The van der Waals surface area contributed by atoms with Crippen molar-refractivity contribution in [2.45, 2.75) is 0 Å². The van der Waals surface area contributed by atoms with Crippen LogP contribution in [0.25, 0.3) is 44.4 Å². The Kier molecular flexibility index (Phi) is 3.39. The number of aryl methyl sites for hydroxylation is 1. The van der Waals surface area contributed by atoms with Crippen LogP contribution in [0.2, 0.25) is 0 Å². The first-order valence-corrected chi connectivity index (χ1v) is 8.95. The lowest BCUT2D eigenvalue weighted by molar-refractivity contribution is 0.966. The number of hydrogen-bond donors (Lipinski definition) is 0. The summed E-state index contributed by atoms with van der Waals surface area (Å²) in [6.07, 6.45) is 0. The zero-order valence-electron chi connectivity index (χ0n) is 14.7. The molecule has 3 aromatic carbocycles. The van der Waals surface area contributed by atoms with Gasteiger partial charge in [-0.25, -0.2) is 0 Å². The number of nitrogens with zero attached hydrogens (tertiary/aromatic N) is 1. The van der Waals surface area contributed by atoms with E-state index in [0.717, 1.165) is 0 Å². The van der Waals surface area contributed by atoms with Gasteiger partial charge in [-0.05, 0) is 45.8 Å². The highest BCUT2D eigenvalue weighted by atomic mass is 14.9. The molecule has 124 valence electrons. The van der Waals surface area contributed by atoms with Crippen molar-refractivity contribution in [3.63, 3.8) is 0 Å². The van der Waals surface area contributed by atoms with Gasteiger partial charge in [0, 0.05) is 23.8 Å². The molecule has 0 radical (unpaired) electrons. The van der Waals surface area contributed by atoms with E-state index in [1.54, 1.807) is 0 Å². The van der Waals surface area contributed by atoms with Crippen LogP contribution in [0.4, 0.5) is 0 Å². The van der Waals surface area contributed by atoms with Gasteiger partial charge in [0.25, 0.3) is 0 Å². The summed E-state index contributed by atoms with van der Waals surface area (Å²) >= 11 is 0. The van der Waals surface area contributed by atoms with E-state index in [2.05, 4.69) is 109 Å². The lowest BCUT2D eigenvalue weighted by Gasteiger charge is -2.14. The SMILES string of the molecule is Cn1c2cc(-c3ccccc3)c(-c3ccccc3)c-2cc2ccccc21. The van der Waals surface area contributed by atoms with Crippen molar-refractivity contribution in [2.75, 3.05) is 0 Å². The molecule has 1 aliphatic carbocycles. The van der Waals surface area contributed by atoms with Gasteiger partial charge in [-0.15, -0.1) is 0 Å². The lowest BCUT2D eigenvalue weighted by Crippen LogP contribution is -1.97. The van der Waals surface area contributed by atoms with Gasteiger partial charge >= 0.3 is 0 Å². The summed E-state index contributed by atoms with van der Waals surface area (Å²) < 4.78 is 2.31. The van der Waals surface area contributed by atoms with Crippen LogP contribution >= 0.6 is 0 Å². The monoisotopic (exact) mass is 333 g/mol. The summed E-state index contributed by atoms with van der Waals surface area (Å²) in [4.78, 5) is 0. The number of rotatable bonds is 2. The van der Waals surface area contributed by atoms with E-state index in [4.69, 9.17) is 0 Å². The smallest absolute Gasteiger partial charge is 0.0495 e. The predicted molar refractivity (Wildman–Crippen MR) is 110 cm³/mol. The average molecular weight is 333 g/mol. The van der Waals surface area contributed by atoms with Crippen molar-refractivity contribution in [1.29, 1.82) is 0 Å². The molecule has 0 unspecified atom stereocenters. The van der Waals surface area contributed by atoms with Crippen LogP contribution in [0.15, 0.2) is 97.1 Å². The molecule has 0 saturated carbocycles. The fraction of sp³-hybridized carbons (Fsp3) is 0.0400. The summed E-state index contributed by atoms with van der Waals surface area (Å²) in [6.45, 7) is 0. The predicted octanol–water partition coefficient (Wildman–Crippen LogP) is 6.62. The van der Waals surface area contributed by atoms with Crippen LogP contribution < -0.4 is 0 Å². The first-order chi connectivity index (χ1) is 12.8. The summed E-state index contributed by atoms with van der Waals surface area (Å²) in [5.74, 6) is 0. The molecule has 0 fully saturated rings. The van der Waals surface area contributed by atoms with E-state index in [0.29, 0.717) is 0 Å². The zero-order valence-corrected chi connectivity index (χ0v) is 14.7. The van der Waals surface area contributed by atoms with E-state index >= 15 is 0 Å². The van der Waals surface area contributed by atoms with E-state index in [-0.39, 0.29) is 0 Å². The molecular formula is C25H19N. The van der Waals surface area contributed by atoms with E-state index < -0.39 is 0 Å². The van der Waals surface area contributed by atoms with Crippen molar-refractivity contribution < 1.29 is 0 Å². The van der Waals surface area contributed by atoms with Crippen LogP contribution in [0.3, 0.4) is 0 Å². The summed E-state index contributed by atoms with van der Waals surface area (Å²) in [5, 5.41) is 1.27. The molecule has 1 heterocycles. The Bertz CT molecular complexity index is 1170. The molecule has 0 amide bonds. The number of para-hydroxylation sites is 1. The Morgan fingerprint density at radius 3 is 1.92 bits per heavy atom. The Morgan fingerprint density at radius 1 is 0.577 bits per heavy atom. The Morgan fingerprint density at radius 2 is 1.19 bits per heavy atom. The van der Waals surface area contributed by atoms with Crippen molar-refractivity contribution >= 4 is 10.9 Å². The van der Waals surface area contributed by atoms with Gasteiger partial charge in [0.2, 0.25) is 0 Å². The molecule has 0 spiro atoms. The highest BCUT2D eigenvalue weighted by molar-refractivity contribution is 6.02. The molecule has 3 aromatic rings. The highest BCUT2D eigenvalue weighted by Crippen LogP contribution is 2.45. The Balaban J connectivity index is 1.93. The normalized spacial score (nSPS) is 11.3. The maximum Gasteiger partial charge on any atom is 0.0495 e. The molecule has 5 rings (SSSR count). The third-order valence-electron chi connectivity index (χ3n) is 5.20. The number of pyridine rings is 1. The minimum absolute atomic E-state index is 1.25. The van der Waals surface area contributed by atoms with Gasteiger partial charge in [0.05, 0.1) is 0 Å². The molecule has 26 heavy (non-hydrogen) atoms. The molecule has 1 heteroatoms. The number of fused-ring (bicyclic) bond motifs is 2. The van der Waals surface area contributed by atoms with Crippen molar-refractivity contribution in [3.8, 4) is 33.5 Å². The molecule has 0 N–H and O–H groups in total. The maximum absolute atomic E-state index is 2.33. The summed E-state index contributed by atoms with van der Waals surface area (Å²) in [5.41, 5.74) is 8.94. The topological polar surface area (TPSA) is 4.93 Å². The second-order valence-electron chi connectivity index (χ2n) is 6.73. The maximum atomic E-state index is 2.33. The first kappa shape index (κ1) is 15.0. The Hall–Kier alpha value is -3.32. The van der Waals surface area contributed by atoms with Crippen LogP contribution in [-0.4, -0.2) is 4.57 Å². The van der Waals surface area contributed by atoms with Gasteiger partial charge < -0.3 is 4.57 Å². The molecule has 0 atom stereocenters. The number of aromatic nitrogens is 1. The molecule has 0 aromatic heterocycles. The molecule has 0 saturated heterocycles. The van der Waals surface area contributed by atoms with Gasteiger partial charge in [-0.1, -0.05) is 78.9 Å². The third kappa shape index (κ3) is 2.25. The molecular weight excluding hydrogens is 314 g/mol. The fourth-order valence-corrected chi connectivity index (χ4v) is 3.94. The van der Waals surface area contributed by atoms with E-state index in [1.165, 1.54) is 44.4 Å². The molecule has 1 nitrogen and oxygen atoms in total. The van der Waals surface area contributed by atoms with E-state index in [1.807, 2.05) is 0 Å². The minimum atomic E-state index is 1.25. The van der Waals surface area contributed by atoms with Gasteiger partial charge in [0.15, 0.2) is 0 Å². The molecule has 2 aliphatic rings. The van der Waals surface area contributed by atoms with Crippen LogP contribution in [-0.2, 0) is 7.05 Å². The molecule has 1 aliphatic heterocycles. The van der Waals surface area contributed by atoms with Crippen molar-refractivity contribution in [1.82, 2.24) is 4.57 Å². The minimum Gasteiger partial charge on any atom is -0.344 e. The second-order valence-corrected chi connectivity index (χ2v) is 6.73. The van der Waals surface area contributed by atoms with E-state index in [9.17, 15) is 0 Å². The zero-order chi connectivity index (χ0) is 17.5. The average Bonchev–Trinajstić information content (AvgIpc) is 3.09. The van der Waals surface area contributed by atoms with Crippen LogP contribution in [0.1, 0.15) is 0 Å². The first-order valence-electron chi connectivity index (χ1n) is 8.95. The summed E-state index contributed by atoms with van der Waals surface area (Å²) in [6, 6.07) is 34.7. The standard InChI is InChI=1S/C25H19N/c1-26-23-15-9-8-14-20(23)16-22-24(26)17-21(18-10-4-2-5-11-18)25(22)19-12-6-3-7-13-19/h2-17H,1H3. The van der Waals surface area contributed by atoms with Gasteiger partial charge in [0.1, 0.15) is 0 Å². The lowest BCUT2D eigenvalue weighted by atomic mass is 9.96. The van der Waals surface area contributed by atoms with Gasteiger partial charge in [-0.2, -0.15) is 0 Å². The van der Waals surface area contributed by atoms with Gasteiger partial charge in [-0.3, -0.25) is 0 Å². The van der Waals surface area contributed by atoms with Crippen molar-refractivity contribution in [2.24, 2.45) is 7.05 Å². The second kappa shape index (κ2) is 5.89. The number of benzene rings is 3. The number of hydrogen-bond acceptors (Lipinski definition) is 0. The highest BCUT2D eigenvalue weighted by Gasteiger charge is 2.21. The third-order valence-corrected chi connectivity index (χ3v) is 5.20.